The van der Waals surface area contributed by atoms with E-state index in [-0.39, 0.29) is 37.3 Å². The zero-order chi connectivity index (χ0) is 20.9. The van der Waals surface area contributed by atoms with E-state index in [1.807, 2.05) is 0 Å². The lowest BCUT2D eigenvalue weighted by molar-refractivity contribution is -0.159. The maximum Gasteiger partial charge on any atom is 0.354 e. The van der Waals surface area contributed by atoms with Crippen molar-refractivity contribution in [3.63, 3.8) is 0 Å². The van der Waals surface area contributed by atoms with Gasteiger partial charge in [0.15, 0.2) is 0 Å². The summed E-state index contributed by atoms with van der Waals surface area (Å²) >= 11 is 0. The van der Waals surface area contributed by atoms with Crippen molar-refractivity contribution in [3.05, 3.63) is 65.2 Å². The van der Waals surface area contributed by atoms with Gasteiger partial charge in [-0.1, -0.05) is 30.3 Å². The molecule has 7 nitrogen and oxygen atoms in total. The average Bonchev–Trinajstić information content (AvgIpc) is 3.54. The minimum atomic E-state index is -1.47. The van der Waals surface area contributed by atoms with E-state index >= 15 is 0 Å². The Balaban J connectivity index is 1.56. The number of fused-ring (bicyclic) bond motifs is 3. The summed E-state index contributed by atoms with van der Waals surface area (Å²) in [5, 5.41) is 9.29. The number of rotatable bonds is 4. The lowest BCUT2D eigenvalue weighted by Gasteiger charge is -2.48. The second-order valence-corrected chi connectivity index (χ2v) is 7.81. The second-order valence-electron chi connectivity index (χ2n) is 7.81. The molecule has 0 spiro atoms. The predicted molar refractivity (Wildman–Crippen MR) is 106 cm³/mol. The largest absolute Gasteiger partial charge is 0.458 e. The Labute approximate surface area is 173 Å². The summed E-state index contributed by atoms with van der Waals surface area (Å²) in [5.74, 6) is -1.07. The van der Waals surface area contributed by atoms with Crippen LogP contribution in [0.3, 0.4) is 0 Å². The van der Waals surface area contributed by atoms with E-state index in [4.69, 9.17) is 4.74 Å². The van der Waals surface area contributed by atoms with Gasteiger partial charge in [0.1, 0.15) is 6.61 Å². The van der Waals surface area contributed by atoms with Gasteiger partial charge < -0.3 is 9.64 Å². The van der Waals surface area contributed by atoms with E-state index in [2.05, 4.69) is 6.07 Å². The van der Waals surface area contributed by atoms with Crippen molar-refractivity contribution < 1.29 is 19.1 Å². The van der Waals surface area contributed by atoms with Crippen LogP contribution in [0.2, 0.25) is 0 Å². The molecule has 2 fully saturated rings. The normalized spacial score (nSPS) is 22.4. The first kappa shape index (κ1) is 18.4. The van der Waals surface area contributed by atoms with Gasteiger partial charge in [-0.2, -0.15) is 5.26 Å². The standard InChI is InChI=1S/C23H19N3O4/c24-13-15-5-1-2-6-16(15)14-30-22(29)23-12-11-20(27)26(23)19-8-4-3-7-18(19)21(28)25(23)17-9-10-17/h1-8,17H,9-12,14H2. The van der Waals surface area contributed by atoms with E-state index in [1.165, 1.54) is 4.90 Å². The van der Waals surface area contributed by atoms with Crippen LogP contribution in [0.25, 0.3) is 0 Å². The van der Waals surface area contributed by atoms with E-state index in [0.29, 0.717) is 22.4 Å². The first-order valence-electron chi connectivity index (χ1n) is 9.99. The van der Waals surface area contributed by atoms with Gasteiger partial charge in [-0.15, -0.1) is 0 Å². The number of carbonyl (C=O) groups excluding carboxylic acids is 3. The van der Waals surface area contributed by atoms with Crippen molar-refractivity contribution in [3.8, 4) is 6.07 Å². The van der Waals surface area contributed by atoms with Crippen LogP contribution in [0.5, 0.6) is 0 Å². The molecule has 7 heteroatoms. The molecule has 3 aliphatic rings. The molecule has 0 N–H and O–H groups in total. The fraction of sp³-hybridized carbons (Fsp3) is 0.304. The number of benzene rings is 2. The van der Waals surface area contributed by atoms with Crippen LogP contribution in [-0.4, -0.2) is 34.4 Å². The molecule has 1 saturated carbocycles. The lowest BCUT2D eigenvalue weighted by Crippen LogP contribution is -2.69. The van der Waals surface area contributed by atoms with Crippen molar-refractivity contribution in [2.45, 2.75) is 44.0 Å². The Morgan fingerprint density at radius 2 is 1.87 bits per heavy atom. The van der Waals surface area contributed by atoms with Gasteiger partial charge in [0.25, 0.3) is 5.91 Å². The molecule has 2 aromatic carbocycles. The number of amides is 2. The zero-order valence-corrected chi connectivity index (χ0v) is 16.2. The van der Waals surface area contributed by atoms with Gasteiger partial charge in [0.2, 0.25) is 11.6 Å². The molecule has 1 atom stereocenters. The molecule has 0 aromatic heterocycles. The number of hydrogen-bond donors (Lipinski definition) is 0. The summed E-state index contributed by atoms with van der Waals surface area (Å²) in [7, 11) is 0. The van der Waals surface area contributed by atoms with Crippen LogP contribution in [0.4, 0.5) is 5.69 Å². The highest BCUT2D eigenvalue weighted by Crippen LogP contribution is 2.49. The van der Waals surface area contributed by atoms with E-state index < -0.39 is 11.6 Å². The Bertz CT molecular complexity index is 1120. The molecule has 2 heterocycles. The molecule has 2 amide bonds. The molecule has 2 aliphatic heterocycles. The molecular weight excluding hydrogens is 382 g/mol. The molecule has 2 aromatic rings. The minimum Gasteiger partial charge on any atom is -0.458 e. The topological polar surface area (TPSA) is 90.7 Å². The molecule has 0 bridgehead atoms. The van der Waals surface area contributed by atoms with E-state index in [0.717, 1.165) is 12.8 Å². The van der Waals surface area contributed by atoms with Gasteiger partial charge in [-0.3, -0.25) is 14.5 Å². The number of esters is 1. The highest BCUT2D eigenvalue weighted by atomic mass is 16.5. The maximum absolute atomic E-state index is 13.5. The molecule has 5 rings (SSSR count). The van der Waals surface area contributed by atoms with Gasteiger partial charge in [0, 0.05) is 24.4 Å². The van der Waals surface area contributed by atoms with Crippen LogP contribution >= 0.6 is 0 Å². The monoisotopic (exact) mass is 401 g/mol. The lowest BCUT2D eigenvalue weighted by atomic mass is 9.96. The number of nitriles is 1. The Hall–Kier alpha value is -3.66. The van der Waals surface area contributed by atoms with Gasteiger partial charge in [-0.05, 0) is 31.0 Å². The van der Waals surface area contributed by atoms with Crippen molar-refractivity contribution in [2.75, 3.05) is 4.90 Å². The summed E-state index contributed by atoms with van der Waals surface area (Å²) in [4.78, 5) is 42.8. The van der Waals surface area contributed by atoms with Crippen LogP contribution < -0.4 is 4.90 Å². The number of nitrogens with zero attached hydrogens (tertiary/aromatic N) is 3. The Morgan fingerprint density at radius 3 is 2.63 bits per heavy atom. The number of anilines is 1. The van der Waals surface area contributed by atoms with E-state index in [9.17, 15) is 19.6 Å². The van der Waals surface area contributed by atoms with E-state index in [1.54, 1.807) is 53.4 Å². The SMILES string of the molecule is N#Cc1ccccc1COC(=O)C12CCC(=O)N1c1ccccc1C(=O)N2C1CC1. The number of carbonyl (C=O) groups is 3. The molecule has 30 heavy (non-hydrogen) atoms. The molecule has 150 valence electrons. The quantitative estimate of drug-likeness (QED) is 0.735. The number of hydrogen-bond acceptors (Lipinski definition) is 5. The third-order valence-corrected chi connectivity index (χ3v) is 6.03. The van der Waals surface area contributed by atoms with Crippen molar-refractivity contribution in [1.29, 1.82) is 5.26 Å². The summed E-state index contributed by atoms with van der Waals surface area (Å²) in [6.07, 6.45) is 1.94. The Kier molecular flexibility index (Phi) is 4.10. The summed E-state index contributed by atoms with van der Waals surface area (Å²) in [6.45, 7) is -0.0965. The number of ether oxygens (including phenoxy) is 1. The molecule has 1 unspecified atom stereocenters. The minimum absolute atomic E-state index is 0.0850. The summed E-state index contributed by atoms with van der Waals surface area (Å²) in [5.41, 5.74) is 0.423. The predicted octanol–water partition coefficient (Wildman–Crippen LogP) is 2.74. The third kappa shape index (κ3) is 2.53. The fourth-order valence-electron chi connectivity index (χ4n) is 4.53. The highest BCUT2D eigenvalue weighted by molar-refractivity contribution is 6.15. The van der Waals surface area contributed by atoms with Gasteiger partial charge >= 0.3 is 5.97 Å². The zero-order valence-electron chi connectivity index (χ0n) is 16.2. The van der Waals surface area contributed by atoms with Crippen LogP contribution in [-0.2, 0) is 20.9 Å². The molecule has 0 radical (unpaired) electrons. The molecule has 1 saturated heterocycles. The first-order valence-corrected chi connectivity index (χ1v) is 9.99. The van der Waals surface area contributed by atoms with Crippen molar-refractivity contribution in [1.82, 2.24) is 4.90 Å². The summed E-state index contributed by atoms with van der Waals surface area (Å²) < 4.78 is 5.66. The van der Waals surface area contributed by atoms with Crippen molar-refractivity contribution in [2.24, 2.45) is 0 Å². The third-order valence-electron chi connectivity index (χ3n) is 6.03. The van der Waals surface area contributed by atoms with Gasteiger partial charge in [0.05, 0.1) is 22.9 Å². The second kappa shape index (κ2) is 6.70. The molecular formula is C23H19N3O4. The Morgan fingerprint density at radius 1 is 1.13 bits per heavy atom. The van der Waals surface area contributed by atoms with Crippen LogP contribution in [0.15, 0.2) is 48.5 Å². The van der Waals surface area contributed by atoms with Gasteiger partial charge in [-0.25, -0.2) is 4.79 Å². The van der Waals surface area contributed by atoms with Crippen LogP contribution in [0, 0.1) is 11.3 Å². The average molecular weight is 401 g/mol. The van der Waals surface area contributed by atoms with Crippen LogP contribution in [0.1, 0.15) is 47.2 Å². The highest BCUT2D eigenvalue weighted by Gasteiger charge is 2.64. The smallest absolute Gasteiger partial charge is 0.354 e. The maximum atomic E-state index is 13.5. The summed E-state index contributed by atoms with van der Waals surface area (Å²) in [6, 6.07) is 15.8. The first-order chi connectivity index (χ1) is 14.6. The number of para-hydroxylation sites is 1. The molecule has 1 aliphatic carbocycles. The fourth-order valence-corrected chi connectivity index (χ4v) is 4.53. The van der Waals surface area contributed by atoms with Crippen molar-refractivity contribution >= 4 is 23.5 Å².